The molecule has 0 atom stereocenters. The molecular formula is C4H5O. The average molecular weight is 69.1 g/mol. The lowest BCUT2D eigenvalue weighted by Gasteiger charge is -1.76. The van der Waals surface area contributed by atoms with Gasteiger partial charge in [0, 0.05) is 7.11 Å². The fourth-order valence-electron chi connectivity index (χ4n) is 0.0722. The van der Waals surface area contributed by atoms with Crippen LogP contribution in [0.2, 0.25) is 0 Å². The Hall–Kier alpha value is -0.480. The maximum Gasteiger partial charge on any atom is 0.108 e. The van der Waals surface area contributed by atoms with Crippen LogP contribution in [0.25, 0.3) is 0 Å². The predicted octanol–water partition coefficient (Wildman–Crippen LogP) is 0.223. The van der Waals surface area contributed by atoms with Crippen LogP contribution >= 0.6 is 0 Å². The monoisotopic (exact) mass is 69.0 g/mol. The van der Waals surface area contributed by atoms with E-state index in [2.05, 4.69) is 4.74 Å². The number of hydrogen-bond donors (Lipinski definition) is 0. The van der Waals surface area contributed by atoms with Gasteiger partial charge in [-0.1, -0.05) is 5.92 Å². The van der Waals surface area contributed by atoms with Crippen molar-refractivity contribution in [1.82, 2.24) is 0 Å². The molecule has 0 aromatic carbocycles. The van der Waals surface area contributed by atoms with Gasteiger partial charge in [0.05, 0.1) is 0 Å². The molecule has 0 spiro atoms. The zero-order chi connectivity index (χ0) is 4.12. The van der Waals surface area contributed by atoms with E-state index in [0.29, 0.717) is 6.61 Å². The van der Waals surface area contributed by atoms with Gasteiger partial charge in [-0.15, -0.1) is 0 Å². The molecule has 0 aromatic heterocycles. The Morgan fingerprint density at radius 3 is 2.60 bits per heavy atom. The molecule has 0 aliphatic heterocycles. The second-order valence-electron chi connectivity index (χ2n) is 0.610. The molecule has 0 aliphatic carbocycles. The second kappa shape index (κ2) is 3.52. The van der Waals surface area contributed by atoms with E-state index in [1.54, 1.807) is 0 Å². The van der Waals surface area contributed by atoms with E-state index >= 15 is 0 Å². The summed E-state index contributed by atoms with van der Waals surface area (Å²) < 4.78 is 4.39. The fourth-order valence-corrected chi connectivity index (χ4v) is 0.0722. The second-order valence-corrected chi connectivity index (χ2v) is 0.610. The molecule has 0 saturated heterocycles. The van der Waals surface area contributed by atoms with Gasteiger partial charge < -0.3 is 4.74 Å². The van der Waals surface area contributed by atoms with E-state index in [9.17, 15) is 0 Å². The minimum Gasteiger partial charge on any atom is -0.372 e. The minimum atomic E-state index is 0.306. The fraction of sp³-hybridized carbons (Fsp3) is 0.500. The first kappa shape index (κ1) is 4.52. The summed E-state index contributed by atoms with van der Waals surface area (Å²) in [6, 6.07) is 0. The topological polar surface area (TPSA) is 9.23 Å². The molecule has 0 rings (SSSR count). The normalized spacial score (nSPS) is 6.40. The van der Waals surface area contributed by atoms with E-state index in [-0.39, 0.29) is 0 Å². The summed E-state index contributed by atoms with van der Waals surface area (Å²) in [7, 11) is 1.53. The van der Waals surface area contributed by atoms with Crippen molar-refractivity contribution in [3.05, 3.63) is 6.42 Å². The van der Waals surface area contributed by atoms with E-state index in [1.807, 2.05) is 5.92 Å². The molecule has 0 bridgehead atoms. The van der Waals surface area contributed by atoms with Crippen molar-refractivity contribution in [1.29, 1.82) is 0 Å². The molecule has 0 amide bonds. The molecule has 0 unspecified atom stereocenters. The Morgan fingerprint density at radius 1 is 2.00 bits per heavy atom. The van der Waals surface area contributed by atoms with Crippen molar-refractivity contribution in [2.75, 3.05) is 13.7 Å². The molecule has 5 heavy (non-hydrogen) atoms. The molecule has 1 heteroatoms. The van der Waals surface area contributed by atoms with Crippen LogP contribution in [0.5, 0.6) is 0 Å². The van der Waals surface area contributed by atoms with Crippen LogP contribution < -0.4 is 0 Å². The standard InChI is InChI=1S/C4H5O/c1-3-4-5-2/h4H2,2H3. The Morgan fingerprint density at radius 2 is 2.60 bits per heavy atom. The highest BCUT2D eigenvalue weighted by Crippen LogP contribution is 1.54. The lowest BCUT2D eigenvalue weighted by molar-refractivity contribution is 0.239. The van der Waals surface area contributed by atoms with Crippen molar-refractivity contribution < 1.29 is 4.74 Å². The molecule has 0 heterocycles. The molecule has 1 nitrogen and oxygen atoms in total. The Kier molecular flexibility index (Phi) is 3.18. The summed E-state index contributed by atoms with van der Waals surface area (Å²) in [5, 5.41) is 0. The van der Waals surface area contributed by atoms with E-state index in [4.69, 9.17) is 6.42 Å². The van der Waals surface area contributed by atoms with Crippen LogP contribution in [0.4, 0.5) is 0 Å². The van der Waals surface area contributed by atoms with Crippen molar-refractivity contribution in [2.45, 2.75) is 0 Å². The van der Waals surface area contributed by atoms with Gasteiger partial charge in [-0.25, -0.2) is 0 Å². The van der Waals surface area contributed by atoms with Gasteiger partial charge in [0.15, 0.2) is 0 Å². The van der Waals surface area contributed by atoms with Crippen molar-refractivity contribution in [2.24, 2.45) is 0 Å². The summed E-state index contributed by atoms with van der Waals surface area (Å²) in [5.41, 5.74) is 0. The molecule has 0 fully saturated rings. The largest absolute Gasteiger partial charge is 0.372 e. The minimum absolute atomic E-state index is 0.306. The van der Waals surface area contributed by atoms with E-state index in [1.165, 1.54) is 7.11 Å². The lowest BCUT2D eigenvalue weighted by atomic mass is 10.8. The summed E-state index contributed by atoms with van der Waals surface area (Å²) in [5.74, 6) is 2.05. The van der Waals surface area contributed by atoms with Crippen molar-refractivity contribution in [3.8, 4) is 5.92 Å². The highest BCUT2D eigenvalue weighted by Gasteiger charge is 1.58. The first-order valence-corrected chi connectivity index (χ1v) is 1.30. The van der Waals surface area contributed by atoms with Crippen molar-refractivity contribution >= 4 is 0 Å². The van der Waals surface area contributed by atoms with Gasteiger partial charge >= 0.3 is 0 Å². The summed E-state index contributed by atoms with van der Waals surface area (Å²) in [6.45, 7) is 0.306. The average Bonchev–Trinajstić information content (AvgIpc) is 1.41. The molecule has 27 valence electrons. The zero-order valence-electron chi connectivity index (χ0n) is 3.12. The summed E-state index contributed by atoms with van der Waals surface area (Å²) in [6.07, 6.45) is 6.23. The zero-order valence-corrected chi connectivity index (χ0v) is 3.12. The number of methoxy groups -OCH3 is 1. The molecule has 0 saturated carbocycles. The Labute approximate surface area is 31.9 Å². The van der Waals surface area contributed by atoms with Crippen LogP contribution in [-0.4, -0.2) is 13.7 Å². The third-order valence-corrected chi connectivity index (χ3v) is 0.217. The van der Waals surface area contributed by atoms with Gasteiger partial charge in [-0.2, -0.15) is 0 Å². The van der Waals surface area contributed by atoms with Crippen LogP contribution in [0.15, 0.2) is 0 Å². The van der Waals surface area contributed by atoms with E-state index in [0.717, 1.165) is 0 Å². The van der Waals surface area contributed by atoms with E-state index < -0.39 is 0 Å². The third-order valence-electron chi connectivity index (χ3n) is 0.217. The highest BCUT2D eigenvalue weighted by molar-refractivity contribution is 4.72. The van der Waals surface area contributed by atoms with Crippen LogP contribution in [0.3, 0.4) is 0 Å². The lowest BCUT2D eigenvalue weighted by Crippen LogP contribution is -1.77. The smallest absolute Gasteiger partial charge is 0.108 e. The van der Waals surface area contributed by atoms with Gasteiger partial charge in [-0.05, 0) is 6.42 Å². The van der Waals surface area contributed by atoms with Gasteiger partial charge in [0.2, 0.25) is 0 Å². The van der Waals surface area contributed by atoms with Crippen LogP contribution in [0, 0.1) is 12.3 Å². The molecular weight excluding hydrogens is 64.0 g/mol. The maximum absolute atomic E-state index is 6.23. The van der Waals surface area contributed by atoms with Crippen molar-refractivity contribution in [3.63, 3.8) is 0 Å². The first-order chi connectivity index (χ1) is 2.41. The summed E-state index contributed by atoms with van der Waals surface area (Å²) in [4.78, 5) is 0. The summed E-state index contributed by atoms with van der Waals surface area (Å²) >= 11 is 0. The SMILES string of the molecule is [C]#CCOC. The molecule has 0 N–H and O–H groups in total. The van der Waals surface area contributed by atoms with Gasteiger partial charge in [0.25, 0.3) is 0 Å². The first-order valence-electron chi connectivity index (χ1n) is 1.30. The van der Waals surface area contributed by atoms with Gasteiger partial charge in [-0.3, -0.25) is 0 Å². The molecule has 0 aliphatic rings. The quantitative estimate of drug-likeness (QED) is 0.400. The Bertz CT molecular complexity index is 42.1. The van der Waals surface area contributed by atoms with Crippen LogP contribution in [0.1, 0.15) is 0 Å². The molecule has 0 aromatic rings. The van der Waals surface area contributed by atoms with Crippen LogP contribution in [-0.2, 0) is 4.74 Å². The third kappa shape index (κ3) is 3.52. The maximum atomic E-state index is 6.23. The Balaban J connectivity index is 2.48. The predicted molar refractivity (Wildman–Crippen MR) is 19.0 cm³/mol. The number of hydrogen-bond acceptors (Lipinski definition) is 1. The molecule has 1 radical (unpaired) electrons. The number of ether oxygens (including phenoxy) is 1. The highest BCUT2D eigenvalue weighted by atomic mass is 16.5. The number of rotatable bonds is 1. The van der Waals surface area contributed by atoms with Gasteiger partial charge in [0.1, 0.15) is 6.61 Å².